The quantitative estimate of drug-likeness (QED) is 0.712. The first kappa shape index (κ1) is 20.4. The Morgan fingerprint density at radius 3 is 2.45 bits per heavy atom. The lowest BCUT2D eigenvalue weighted by Gasteiger charge is -2.35. The molecule has 2 aromatic carbocycles. The van der Waals surface area contributed by atoms with Gasteiger partial charge in [-0.2, -0.15) is 4.31 Å². The van der Waals surface area contributed by atoms with Gasteiger partial charge in [-0.25, -0.2) is 17.6 Å². The zero-order valence-corrected chi connectivity index (χ0v) is 17.9. The molecule has 2 amide bonds. The van der Waals surface area contributed by atoms with Crippen molar-refractivity contribution in [3.8, 4) is 0 Å². The second-order valence-corrected chi connectivity index (χ2v) is 10.1. The summed E-state index contributed by atoms with van der Waals surface area (Å²) < 4.78 is 47.3. The number of benzene rings is 2. The van der Waals surface area contributed by atoms with Gasteiger partial charge < -0.3 is 14.5 Å². The van der Waals surface area contributed by atoms with Crippen molar-refractivity contribution in [2.45, 2.75) is 23.4 Å². The van der Waals surface area contributed by atoms with Gasteiger partial charge in [0.1, 0.15) is 5.82 Å². The number of rotatable bonds is 2. The number of fused-ring (bicyclic) bond motifs is 2. The molecule has 1 atom stereocenters. The Kier molecular flexibility index (Phi) is 4.99. The van der Waals surface area contributed by atoms with Crippen LogP contribution in [0.4, 0.5) is 9.18 Å². The van der Waals surface area contributed by atoms with Gasteiger partial charge in [-0.3, -0.25) is 0 Å². The molecule has 2 fully saturated rings. The third kappa shape index (κ3) is 3.31. The average Bonchev–Trinajstić information content (AvgIpc) is 3.31. The summed E-state index contributed by atoms with van der Waals surface area (Å²) in [5.74, 6) is -0.367. The Balaban J connectivity index is 1.51. The van der Waals surface area contributed by atoms with Gasteiger partial charge in [-0.15, -0.1) is 0 Å². The number of urea groups is 1. The molecule has 31 heavy (non-hydrogen) atoms. The second-order valence-electron chi connectivity index (χ2n) is 8.22. The second kappa shape index (κ2) is 7.58. The standard InChI is InChI=1S/C22H24FN3O4S/c23-18-7-5-17(6-8-18)15-26-22(19-3-1-2-4-20(19)31(26,28)29)9-10-25(16-22)21(27)24-11-13-30-14-12-24/h1-8H,9-16H2/t22-/m0/s1. The molecule has 0 bridgehead atoms. The van der Waals surface area contributed by atoms with Gasteiger partial charge in [0.25, 0.3) is 0 Å². The maximum absolute atomic E-state index is 13.5. The first-order chi connectivity index (χ1) is 14.9. The average molecular weight is 446 g/mol. The Hall–Kier alpha value is -2.49. The summed E-state index contributed by atoms with van der Waals surface area (Å²) in [6.45, 7) is 2.99. The van der Waals surface area contributed by atoms with Crippen LogP contribution in [0, 0.1) is 5.82 Å². The van der Waals surface area contributed by atoms with Crippen molar-refractivity contribution in [1.29, 1.82) is 0 Å². The van der Waals surface area contributed by atoms with Gasteiger partial charge >= 0.3 is 6.03 Å². The van der Waals surface area contributed by atoms with Gasteiger partial charge in [-0.1, -0.05) is 30.3 Å². The van der Waals surface area contributed by atoms with E-state index in [0.29, 0.717) is 51.4 Å². The smallest absolute Gasteiger partial charge is 0.320 e. The minimum absolute atomic E-state index is 0.0799. The molecular formula is C22H24FN3O4S. The van der Waals surface area contributed by atoms with Crippen LogP contribution in [0.5, 0.6) is 0 Å². The van der Waals surface area contributed by atoms with Crippen molar-refractivity contribution in [2.75, 3.05) is 39.4 Å². The summed E-state index contributed by atoms with van der Waals surface area (Å²) >= 11 is 0. The van der Waals surface area contributed by atoms with E-state index in [9.17, 15) is 17.6 Å². The highest BCUT2D eigenvalue weighted by Crippen LogP contribution is 2.50. The fourth-order valence-electron chi connectivity index (χ4n) is 4.89. The maximum atomic E-state index is 13.5. The van der Waals surface area contributed by atoms with Crippen LogP contribution in [0.1, 0.15) is 17.5 Å². The molecule has 3 aliphatic heterocycles. The summed E-state index contributed by atoms with van der Waals surface area (Å²) in [5.41, 5.74) is 0.607. The summed E-state index contributed by atoms with van der Waals surface area (Å²) in [5, 5.41) is 0. The molecule has 3 heterocycles. The topological polar surface area (TPSA) is 70.2 Å². The van der Waals surface area contributed by atoms with Crippen molar-refractivity contribution in [2.24, 2.45) is 0 Å². The summed E-state index contributed by atoms with van der Waals surface area (Å²) in [7, 11) is -3.75. The van der Waals surface area contributed by atoms with Crippen molar-refractivity contribution in [3.63, 3.8) is 0 Å². The van der Waals surface area contributed by atoms with E-state index in [1.165, 1.54) is 16.4 Å². The first-order valence-corrected chi connectivity index (χ1v) is 11.8. The highest BCUT2D eigenvalue weighted by atomic mass is 32.2. The number of likely N-dealkylation sites (tertiary alicyclic amines) is 1. The first-order valence-electron chi connectivity index (χ1n) is 10.4. The minimum atomic E-state index is -3.75. The molecule has 164 valence electrons. The Morgan fingerprint density at radius 1 is 1.00 bits per heavy atom. The number of sulfonamides is 1. The van der Waals surface area contributed by atoms with E-state index in [2.05, 4.69) is 0 Å². The van der Waals surface area contributed by atoms with Gasteiger partial charge in [0, 0.05) is 32.7 Å². The van der Waals surface area contributed by atoms with Gasteiger partial charge in [0.15, 0.2) is 0 Å². The Bertz CT molecular complexity index is 1100. The Morgan fingerprint density at radius 2 is 1.71 bits per heavy atom. The lowest BCUT2D eigenvalue weighted by molar-refractivity contribution is 0.0439. The molecule has 5 rings (SSSR count). The fourth-order valence-corrected chi connectivity index (χ4v) is 6.94. The molecule has 1 spiro atoms. The van der Waals surface area contributed by atoms with Crippen LogP contribution < -0.4 is 0 Å². The molecule has 3 aliphatic rings. The molecule has 7 nitrogen and oxygen atoms in total. The molecule has 2 saturated heterocycles. The largest absolute Gasteiger partial charge is 0.378 e. The lowest BCUT2D eigenvalue weighted by Crippen LogP contribution is -2.50. The number of ether oxygens (including phenoxy) is 1. The van der Waals surface area contributed by atoms with Crippen LogP contribution in [0.3, 0.4) is 0 Å². The minimum Gasteiger partial charge on any atom is -0.378 e. The molecule has 0 N–H and O–H groups in total. The number of halogens is 1. The number of morpholine rings is 1. The predicted molar refractivity (Wildman–Crippen MR) is 111 cm³/mol. The number of hydrogen-bond acceptors (Lipinski definition) is 4. The zero-order chi connectivity index (χ0) is 21.6. The third-order valence-corrected chi connectivity index (χ3v) is 8.44. The number of hydrogen-bond donors (Lipinski definition) is 0. The molecule has 0 unspecified atom stereocenters. The number of carbonyl (C=O) groups is 1. The number of amides is 2. The van der Waals surface area contributed by atoms with E-state index in [-0.39, 0.29) is 23.3 Å². The molecule has 0 saturated carbocycles. The van der Waals surface area contributed by atoms with E-state index in [1.807, 2.05) is 12.1 Å². The van der Waals surface area contributed by atoms with Crippen molar-refractivity contribution in [1.82, 2.24) is 14.1 Å². The molecule has 0 aromatic heterocycles. The lowest BCUT2D eigenvalue weighted by atomic mass is 9.88. The van der Waals surface area contributed by atoms with Crippen LogP contribution in [0.15, 0.2) is 53.4 Å². The highest BCUT2D eigenvalue weighted by molar-refractivity contribution is 7.89. The summed E-state index contributed by atoms with van der Waals surface area (Å²) in [6, 6.07) is 12.8. The SMILES string of the molecule is O=C(N1CCOCC1)N1CC[C@]2(C1)c1ccccc1S(=O)(=O)N2Cc1ccc(F)cc1. The van der Waals surface area contributed by atoms with E-state index in [0.717, 1.165) is 5.56 Å². The van der Waals surface area contributed by atoms with Crippen LogP contribution in [-0.4, -0.2) is 67.9 Å². The van der Waals surface area contributed by atoms with Crippen LogP contribution in [-0.2, 0) is 26.8 Å². The summed E-state index contributed by atoms with van der Waals surface area (Å²) in [6.07, 6.45) is 0.514. The van der Waals surface area contributed by atoms with Crippen molar-refractivity contribution in [3.05, 3.63) is 65.5 Å². The van der Waals surface area contributed by atoms with Gasteiger partial charge in [0.2, 0.25) is 10.0 Å². The molecule has 0 aliphatic carbocycles. The van der Waals surface area contributed by atoms with E-state index in [1.54, 1.807) is 34.1 Å². The van der Waals surface area contributed by atoms with Crippen LogP contribution in [0.25, 0.3) is 0 Å². The van der Waals surface area contributed by atoms with Crippen molar-refractivity contribution >= 4 is 16.1 Å². The van der Waals surface area contributed by atoms with E-state index in [4.69, 9.17) is 4.74 Å². The molecule has 9 heteroatoms. The monoisotopic (exact) mass is 445 g/mol. The predicted octanol–water partition coefficient (Wildman–Crippen LogP) is 2.38. The van der Waals surface area contributed by atoms with E-state index < -0.39 is 15.6 Å². The number of carbonyl (C=O) groups excluding carboxylic acids is 1. The third-order valence-electron chi connectivity index (χ3n) is 6.47. The molecule has 0 radical (unpaired) electrons. The van der Waals surface area contributed by atoms with Crippen molar-refractivity contribution < 1.29 is 22.3 Å². The zero-order valence-electron chi connectivity index (χ0n) is 17.0. The maximum Gasteiger partial charge on any atom is 0.320 e. The van der Waals surface area contributed by atoms with E-state index >= 15 is 0 Å². The fraction of sp³-hybridized carbons (Fsp3) is 0.409. The Labute approximate surface area is 181 Å². The van der Waals surface area contributed by atoms with Gasteiger partial charge in [-0.05, 0) is 35.7 Å². The van der Waals surface area contributed by atoms with Gasteiger partial charge in [0.05, 0.1) is 23.6 Å². The highest BCUT2D eigenvalue weighted by Gasteiger charge is 2.57. The van der Waals surface area contributed by atoms with Crippen LogP contribution in [0.2, 0.25) is 0 Å². The molecule has 2 aromatic rings. The van der Waals surface area contributed by atoms with Crippen LogP contribution >= 0.6 is 0 Å². The summed E-state index contributed by atoms with van der Waals surface area (Å²) in [4.78, 5) is 16.9. The normalized spacial score (nSPS) is 25.2. The molecular weight excluding hydrogens is 421 g/mol. The number of nitrogens with zero attached hydrogens (tertiary/aromatic N) is 3.